The molecule has 1 N–H and O–H groups in total. The zero-order valence-corrected chi connectivity index (χ0v) is 11.0. The summed E-state index contributed by atoms with van der Waals surface area (Å²) in [5, 5.41) is 13.5. The van der Waals surface area contributed by atoms with Crippen LogP contribution in [0.15, 0.2) is 18.2 Å². The first kappa shape index (κ1) is 14.4. The van der Waals surface area contributed by atoms with Crippen LogP contribution in [0.4, 0.5) is 5.69 Å². The lowest BCUT2D eigenvalue weighted by Crippen LogP contribution is -2.27. The van der Waals surface area contributed by atoms with Crippen LogP contribution in [0.2, 0.25) is 0 Å². The monoisotopic (exact) mass is 270 g/mol. The van der Waals surface area contributed by atoms with Crippen molar-refractivity contribution in [3.8, 4) is 0 Å². The first-order chi connectivity index (χ1) is 8.43. The van der Waals surface area contributed by atoms with Crippen LogP contribution in [-0.2, 0) is 0 Å². The summed E-state index contributed by atoms with van der Waals surface area (Å²) in [7, 11) is 0. The molecule has 0 heterocycles. The zero-order valence-electron chi connectivity index (χ0n) is 10.3. The molecule has 1 aromatic carbocycles. The molecular formula is C12H15ClN2O3. The maximum Gasteiger partial charge on any atom is 0.282 e. The molecule has 18 heavy (non-hydrogen) atoms. The second-order valence-electron chi connectivity index (χ2n) is 4.05. The Bertz CT molecular complexity index is 461. The van der Waals surface area contributed by atoms with Gasteiger partial charge in [-0.3, -0.25) is 14.9 Å². The number of carbonyl (C=O) groups is 1. The van der Waals surface area contributed by atoms with Crippen molar-refractivity contribution in [1.29, 1.82) is 0 Å². The van der Waals surface area contributed by atoms with Crippen LogP contribution in [-0.4, -0.2) is 22.8 Å². The highest BCUT2D eigenvalue weighted by Crippen LogP contribution is 2.21. The fourth-order valence-electron chi connectivity index (χ4n) is 1.57. The van der Waals surface area contributed by atoms with E-state index in [1.54, 1.807) is 19.1 Å². The highest BCUT2D eigenvalue weighted by molar-refractivity contribution is 6.20. The van der Waals surface area contributed by atoms with E-state index in [-0.39, 0.29) is 16.6 Å². The van der Waals surface area contributed by atoms with Crippen molar-refractivity contribution < 1.29 is 9.72 Å². The smallest absolute Gasteiger partial charge is 0.282 e. The third-order valence-electron chi connectivity index (χ3n) is 2.50. The summed E-state index contributed by atoms with van der Waals surface area (Å²) in [4.78, 5) is 22.2. The fraction of sp³-hybridized carbons (Fsp3) is 0.417. The van der Waals surface area contributed by atoms with Gasteiger partial charge in [0.25, 0.3) is 11.6 Å². The van der Waals surface area contributed by atoms with E-state index in [2.05, 4.69) is 5.32 Å². The second-order valence-corrected chi connectivity index (χ2v) is 4.80. The number of alkyl halides is 1. The van der Waals surface area contributed by atoms with Crippen LogP contribution in [0.5, 0.6) is 0 Å². The van der Waals surface area contributed by atoms with Crippen LogP contribution < -0.4 is 5.32 Å². The summed E-state index contributed by atoms with van der Waals surface area (Å²) in [6.07, 6.45) is 0.618. The average Bonchev–Trinajstić information content (AvgIpc) is 2.27. The second kappa shape index (κ2) is 6.35. The number of nitrogens with one attached hydrogen (secondary N) is 1. The molecule has 0 radical (unpaired) electrons. The summed E-state index contributed by atoms with van der Waals surface area (Å²) in [6, 6.07) is 4.56. The van der Waals surface area contributed by atoms with E-state index in [0.717, 1.165) is 0 Å². The lowest BCUT2D eigenvalue weighted by molar-refractivity contribution is -0.385. The number of nitro benzene ring substituents is 1. The first-order valence-corrected chi connectivity index (χ1v) is 6.03. The molecule has 0 bridgehead atoms. The van der Waals surface area contributed by atoms with Gasteiger partial charge in [0.2, 0.25) is 0 Å². The Morgan fingerprint density at radius 1 is 1.56 bits per heavy atom. The molecular weight excluding hydrogens is 256 g/mol. The number of halogens is 1. The maximum absolute atomic E-state index is 11.9. The Morgan fingerprint density at radius 2 is 2.22 bits per heavy atom. The van der Waals surface area contributed by atoms with Crippen LogP contribution in [0.1, 0.15) is 29.3 Å². The summed E-state index contributed by atoms with van der Waals surface area (Å²) < 4.78 is 0. The number of aryl methyl sites for hydroxylation is 1. The van der Waals surface area contributed by atoms with Crippen molar-refractivity contribution >= 4 is 23.2 Å². The predicted octanol–water partition coefficient (Wildman–Crippen LogP) is 2.65. The van der Waals surface area contributed by atoms with E-state index in [9.17, 15) is 14.9 Å². The van der Waals surface area contributed by atoms with Crippen molar-refractivity contribution in [2.45, 2.75) is 25.6 Å². The van der Waals surface area contributed by atoms with Crippen molar-refractivity contribution in [3.63, 3.8) is 0 Å². The lowest BCUT2D eigenvalue weighted by Gasteiger charge is -2.08. The molecule has 0 aliphatic rings. The number of hydrogen-bond acceptors (Lipinski definition) is 3. The minimum Gasteiger partial charge on any atom is -0.352 e. The van der Waals surface area contributed by atoms with Crippen molar-refractivity contribution in [2.24, 2.45) is 0 Å². The topological polar surface area (TPSA) is 72.2 Å². The molecule has 0 fully saturated rings. The lowest BCUT2D eigenvalue weighted by atomic mass is 10.1. The largest absolute Gasteiger partial charge is 0.352 e. The minimum absolute atomic E-state index is 0.0443. The van der Waals surface area contributed by atoms with Gasteiger partial charge in [0.1, 0.15) is 5.56 Å². The number of hydrogen-bond donors (Lipinski definition) is 1. The van der Waals surface area contributed by atoms with Gasteiger partial charge in [-0.15, -0.1) is 11.6 Å². The van der Waals surface area contributed by atoms with E-state index in [1.165, 1.54) is 6.07 Å². The van der Waals surface area contributed by atoms with Crippen LogP contribution in [0.3, 0.4) is 0 Å². The molecule has 5 nitrogen and oxygen atoms in total. The Labute approximate surface area is 110 Å². The molecule has 1 unspecified atom stereocenters. The maximum atomic E-state index is 11.9. The number of rotatable bonds is 5. The number of nitrogens with zero attached hydrogens (tertiary/aromatic N) is 1. The van der Waals surface area contributed by atoms with Gasteiger partial charge in [0.15, 0.2) is 0 Å². The molecule has 0 aromatic heterocycles. The molecule has 0 saturated heterocycles. The van der Waals surface area contributed by atoms with E-state index < -0.39 is 10.8 Å². The third kappa shape index (κ3) is 3.70. The molecule has 6 heteroatoms. The number of carbonyl (C=O) groups excluding carboxylic acids is 1. The third-order valence-corrected chi connectivity index (χ3v) is 2.72. The highest BCUT2D eigenvalue weighted by Gasteiger charge is 2.21. The van der Waals surface area contributed by atoms with Gasteiger partial charge in [-0.25, -0.2) is 0 Å². The van der Waals surface area contributed by atoms with Gasteiger partial charge < -0.3 is 5.32 Å². The molecule has 1 aromatic rings. The standard InChI is InChI=1S/C12H15ClN2O3/c1-8-4-3-5-10(15(17)18)11(8)12(16)14-7-6-9(2)13/h3-5,9H,6-7H2,1-2H3,(H,14,16). The van der Waals surface area contributed by atoms with Crippen molar-refractivity contribution in [2.75, 3.05) is 6.54 Å². The number of benzene rings is 1. The van der Waals surface area contributed by atoms with Crippen molar-refractivity contribution in [1.82, 2.24) is 5.32 Å². The molecule has 0 aliphatic carbocycles. The molecule has 0 aliphatic heterocycles. The van der Waals surface area contributed by atoms with Gasteiger partial charge >= 0.3 is 0 Å². The first-order valence-electron chi connectivity index (χ1n) is 5.59. The van der Waals surface area contributed by atoms with Gasteiger partial charge in [-0.2, -0.15) is 0 Å². The zero-order chi connectivity index (χ0) is 13.7. The van der Waals surface area contributed by atoms with Gasteiger partial charge in [-0.05, 0) is 25.8 Å². The quantitative estimate of drug-likeness (QED) is 0.508. The summed E-state index contributed by atoms with van der Waals surface area (Å²) in [5.41, 5.74) is 0.525. The molecule has 98 valence electrons. The van der Waals surface area contributed by atoms with E-state index in [4.69, 9.17) is 11.6 Å². The number of nitro groups is 1. The Kier molecular flexibility index (Phi) is 5.09. The summed E-state index contributed by atoms with van der Waals surface area (Å²) in [5.74, 6) is -0.433. The molecule has 1 atom stereocenters. The Morgan fingerprint density at radius 3 is 2.78 bits per heavy atom. The van der Waals surface area contributed by atoms with Gasteiger partial charge in [0, 0.05) is 18.0 Å². The van der Waals surface area contributed by atoms with Crippen molar-refractivity contribution in [3.05, 3.63) is 39.4 Å². The van der Waals surface area contributed by atoms with E-state index >= 15 is 0 Å². The van der Waals surface area contributed by atoms with E-state index in [1.807, 2.05) is 6.92 Å². The van der Waals surface area contributed by atoms with Gasteiger partial charge in [-0.1, -0.05) is 12.1 Å². The van der Waals surface area contributed by atoms with Crippen LogP contribution in [0.25, 0.3) is 0 Å². The predicted molar refractivity (Wildman–Crippen MR) is 70.1 cm³/mol. The Hall–Kier alpha value is -1.62. The summed E-state index contributed by atoms with van der Waals surface area (Å²) in [6.45, 7) is 3.89. The van der Waals surface area contributed by atoms with Gasteiger partial charge in [0.05, 0.1) is 4.92 Å². The molecule has 0 saturated carbocycles. The molecule has 1 rings (SSSR count). The van der Waals surface area contributed by atoms with Crippen LogP contribution in [0, 0.1) is 17.0 Å². The Balaban J connectivity index is 2.88. The number of amides is 1. The highest BCUT2D eigenvalue weighted by atomic mass is 35.5. The average molecular weight is 271 g/mol. The normalized spacial score (nSPS) is 11.9. The van der Waals surface area contributed by atoms with E-state index in [0.29, 0.717) is 18.5 Å². The molecule has 0 spiro atoms. The molecule has 1 amide bonds. The fourth-order valence-corrected chi connectivity index (χ4v) is 1.68. The van der Waals surface area contributed by atoms with Crippen LogP contribution >= 0.6 is 11.6 Å². The summed E-state index contributed by atoms with van der Waals surface area (Å²) >= 11 is 5.76. The minimum atomic E-state index is -0.550. The SMILES string of the molecule is Cc1cccc([N+](=O)[O-])c1C(=O)NCCC(C)Cl.